The Kier molecular flexibility index (Phi) is 5.95. The first kappa shape index (κ1) is 25.7. The molecule has 0 spiro atoms. The topological polar surface area (TPSA) is 119 Å². The van der Waals surface area contributed by atoms with Crippen LogP contribution in [0, 0.1) is 11.6 Å². The molecule has 206 valence electrons. The number of hydrogen-bond donors (Lipinski definition) is 3. The van der Waals surface area contributed by atoms with Crippen molar-refractivity contribution in [2.24, 2.45) is 7.05 Å². The van der Waals surface area contributed by atoms with Gasteiger partial charge in [-0.1, -0.05) is 0 Å². The Balaban J connectivity index is 1.70. The summed E-state index contributed by atoms with van der Waals surface area (Å²) in [7, 11) is 7.25. The van der Waals surface area contributed by atoms with Crippen LogP contribution in [0.2, 0.25) is 0 Å². The number of hydrogen-bond acceptors (Lipinski definition) is 7. The van der Waals surface area contributed by atoms with Crippen LogP contribution in [0.1, 0.15) is 16.8 Å². The van der Waals surface area contributed by atoms with E-state index in [9.17, 15) is 19.1 Å². The monoisotopic (exact) mass is 547 g/mol. The molecule has 6 rings (SSSR count). The summed E-state index contributed by atoms with van der Waals surface area (Å²) in [6.45, 7) is 1.29. The standard InChI is InChI=1S/C28H27F2N7O3/c1-31-19-8-18(29)22(30)20-21-24(37-6-5-14(11-37)35(2)3)16(10-32-26(21)34-23(19)20)13-7-15-25(38)17(28(39)40)12-36(4)27(15)33-9-13/h7-10,12,14,31H,5-6,11H2,1-4H3,(H,32,34)(H,39,40)/t14-/m1/s1. The highest BCUT2D eigenvalue weighted by Crippen LogP contribution is 2.44. The predicted molar refractivity (Wildman–Crippen MR) is 150 cm³/mol. The third kappa shape index (κ3) is 3.78. The molecule has 3 N–H and O–H groups in total. The largest absolute Gasteiger partial charge is 0.477 e. The minimum atomic E-state index is -1.33. The van der Waals surface area contributed by atoms with Gasteiger partial charge in [-0.05, 0) is 26.6 Å². The lowest BCUT2D eigenvalue weighted by Gasteiger charge is -2.25. The van der Waals surface area contributed by atoms with Crippen molar-refractivity contribution >= 4 is 50.3 Å². The highest BCUT2D eigenvalue weighted by molar-refractivity contribution is 6.18. The van der Waals surface area contributed by atoms with Gasteiger partial charge in [-0.3, -0.25) is 4.79 Å². The number of aryl methyl sites for hydroxylation is 1. The second-order valence-corrected chi connectivity index (χ2v) is 10.3. The average molecular weight is 548 g/mol. The molecule has 1 aliphatic rings. The molecule has 12 heteroatoms. The molecule has 0 saturated carbocycles. The van der Waals surface area contributed by atoms with E-state index in [0.717, 1.165) is 12.5 Å². The van der Waals surface area contributed by atoms with Crippen LogP contribution >= 0.6 is 0 Å². The zero-order valence-corrected chi connectivity index (χ0v) is 22.3. The van der Waals surface area contributed by atoms with Gasteiger partial charge in [0.05, 0.1) is 33.1 Å². The number of benzene rings is 1. The third-order valence-electron chi connectivity index (χ3n) is 7.80. The fraction of sp³-hybridized carbons (Fsp3) is 0.286. The number of pyridine rings is 3. The molecule has 0 radical (unpaired) electrons. The highest BCUT2D eigenvalue weighted by atomic mass is 19.2. The van der Waals surface area contributed by atoms with Crippen molar-refractivity contribution in [3.8, 4) is 11.1 Å². The van der Waals surface area contributed by atoms with Crippen LogP contribution in [-0.4, -0.2) is 75.8 Å². The number of rotatable bonds is 5. The summed E-state index contributed by atoms with van der Waals surface area (Å²) in [5, 5.41) is 13.1. The average Bonchev–Trinajstić information content (AvgIpc) is 3.58. The molecule has 0 aliphatic carbocycles. The van der Waals surface area contributed by atoms with E-state index < -0.39 is 23.0 Å². The molecule has 1 aromatic carbocycles. The summed E-state index contributed by atoms with van der Waals surface area (Å²) in [4.78, 5) is 41.3. The van der Waals surface area contributed by atoms with Gasteiger partial charge in [-0.25, -0.2) is 23.5 Å². The van der Waals surface area contributed by atoms with Gasteiger partial charge in [0, 0.05) is 69.0 Å². The molecule has 0 unspecified atom stereocenters. The molecule has 5 heterocycles. The first-order chi connectivity index (χ1) is 19.1. The van der Waals surface area contributed by atoms with Crippen LogP contribution < -0.4 is 15.6 Å². The number of carboxylic acid groups (broad SMARTS) is 1. The number of aromatic carboxylic acids is 1. The number of halogens is 2. The number of carboxylic acids is 1. The van der Waals surface area contributed by atoms with Crippen LogP contribution in [0.25, 0.3) is 44.1 Å². The van der Waals surface area contributed by atoms with Gasteiger partial charge in [-0.2, -0.15) is 0 Å². The van der Waals surface area contributed by atoms with Crippen molar-refractivity contribution in [1.29, 1.82) is 0 Å². The Morgan fingerprint density at radius 1 is 1.20 bits per heavy atom. The summed E-state index contributed by atoms with van der Waals surface area (Å²) in [6.07, 6.45) is 5.30. The van der Waals surface area contributed by atoms with Gasteiger partial charge in [-0.15, -0.1) is 0 Å². The second kappa shape index (κ2) is 9.26. The zero-order valence-electron chi connectivity index (χ0n) is 22.3. The number of nitrogens with one attached hydrogen (secondary N) is 2. The van der Waals surface area contributed by atoms with Crippen molar-refractivity contribution in [2.45, 2.75) is 12.5 Å². The van der Waals surface area contributed by atoms with Crippen LogP contribution in [0.5, 0.6) is 0 Å². The molecular weight excluding hydrogens is 520 g/mol. The normalized spacial score (nSPS) is 15.7. The molecule has 1 fully saturated rings. The number of carbonyl (C=O) groups is 1. The van der Waals surface area contributed by atoms with E-state index in [1.807, 2.05) is 14.1 Å². The maximum atomic E-state index is 15.5. The van der Waals surface area contributed by atoms with Gasteiger partial charge < -0.3 is 29.8 Å². The Hall–Kier alpha value is -4.58. The second-order valence-electron chi connectivity index (χ2n) is 10.3. The lowest BCUT2D eigenvalue weighted by molar-refractivity contribution is 0.0695. The number of fused-ring (bicyclic) bond motifs is 4. The van der Waals surface area contributed by atoms with Gasteiger partial charge >= 0.3 is 5.97 Å². The van der Waals surface area contributed by atoms with Crippen LogP contribution in [0.3, 0.4) is 0 Å². The molecule has 10 nitrogen and oxygen atoms in total. The van der Waals surface area contributed by atoms with Crippen molar-refractivity contribution in [1.82, 2.24) is 24.4 Å². The molecule has 4 aromatic heterocycles. The fourth-order valence-corrected chi connectivity index (χ4v) is 5.71. The van der Waals surface area contributed by atoms with Crippen LogP contribution in [0.4, 0.5) is 20.2 Å². The number of aromatic amines is 1. The SMILES string of the molecule is CNc1cc(F)c(F)c2c1[nH]c1ncc(-c3cnc4c(c3)c(=O)c(C(=O)O)cn4C)c(N3CC[C@@H](N(C)C)C3)c12. The highest BCUT2D eigenvalue weighted by Gasteiger charge is 2.30. The Morgan fingerprint density at radius 2 is 1.98 bits per heavy atom. The van der Waals surface area contributed by atoms with Crippen molar-refractivity contribution in [2.75, 3.05) is 44.4 Å². The minimum absolute atomic E-state index is 0.0785. The number of anilines is 2. The molecule has 40 heavy (non-hydrogen) atoms. The fourth-order valence-electron chi connectivity index (χ4n) is 5.71. The summed E-state index contributed by atoms with van der Waals surface area (Å²) in [5.41, 5.74) is 2.18. The zero-order chi connectivity index (χ0) is 28.5. The van der Waals surface area contributed by atoms with E-state index in [1.54, 1.807) is 32.6 Å². The Morgan fingerprint density at radius 3 is 2.65 bits per heavy atom. The molecular formula is C28H27F2N7O3. The van der Waals surface area contributed by atoms with E-state index in [4.69, 9.17) is 0 Å². The lowest BCUT2D eigenvalue weighted by Crippen LogP contribution is -2.31. The van der Waals surface area contributed by atoms with E-state index >= 15 is 4.39 Å². The molecule has 5 aromatic rings. The summed E-state index contributed by atoms with van der Waals surface area (Å²) >= 11 is 0. The molecule has 1 atom stereocenters. The van der Waals surface area contributed by atoms with E-state index in [1.165, 1.54) is 10.8 Å². The molecule has 1 aliphatic heterocycles. The van der Waals surface area contributed by atoms with E-state index in [-0.39, 0.29) is 22.4 Å². The maximum absolute atomic E-state index is 15.5. The van der Waals surface area contributed by atoms with Crippen molar-refractivity contribution < 1.29 is 18.7 Å². The van der Waals surface area contributed by atoms with Gasteiger partial charge in [0.1, 0.15) is 16.9 Å². The third-order valence-corrected chi connectivity index (χ3v) is 7.80. The van der Waals surface area contributed by atoms with Crippen molar-refractivity contribution in [3.63, 3.8) is 0 Å². The number of likely N-dealkylation sites (N-methyl/N-ethyl adjacent to an activating group) is 1. The summed E-state index contributed by atoms with van der Waals surface area (Å²) in [5.74, 6) is -3.31. The quantitative estimate of drug-likeness (QED) is 0.304. The molecule has 0 amide bonds. The van der Waals surface area contributed by atoms with Crippen molar-refractivity contribution in [3.05, 3.63) is 58.1 Å². The summed E-state index contributed by atoms with van der Waals surface area (Å²) in [6, 6.07) is 2.93. The van der Waals surface area contributed by atoms with E-state index in [2.05, 4.69) is 30.1 Å². The van der Waals surface area contributed by atoms with Gasteiger partial charge in [0.15, 0.2) is 11.6 Å². The molecule has 0 bridgehead atoms. The van der Waals surface area contributed by atoms with Gasteiger partial charge in [0.2, 0.25) is 5.43 Å². The number of nitrogens with zero attached hydrogens (tertiary/aromatic N) is 5. The van der Waals surface area contributed by atoms with E-state index in [0.29, 0.717) is 57.8 Å². The van der Waals surface area contributed by atoms with Crippen LogP contribution in [0.15, 0.2) is 35.5 Å². The predicted octanol–water partition coefficient (Wildman–Crippen LogP) is 3.79. The Labute approximate surface area is 226 Å². The van der Waals surface area contributed by atoms with Gasteiger partial charge in [0.25, 0.3) is 0 Å². The first-order valence-corrected chi connectivity index (χ1v) is 12.7. The first-order valence-electron chi connectivity index (χ1n) is 12.7. The maximum Gasteiger partial charge on any atom is 0.341 e. The Bertz CT molecular complexity index is 1910. The number of H-pyrrole nitrogens is 1. The smallest absolute Gasteiger partial charge is 0.341 e. The molecule has 1 saturated heterocycles. The van der Waals surface area contributed by atoms with Crippen LogP contribution in [-0.2, 0) is 7.05 Å². The minimum Gasteiger partial charge on any atom is -0.477 e. The lowest BCUT2D eigenvalue weighted by atomic mass is 10.0. The number of aromatic nitrogens is 4. The summed E-state index contributed by atoms with van der Waals surface area (Å²) < 4.78 is 31.8.